The molecule has 0 heterocycles. The number of ether oxygens (including phenoxy) is 1. The predicted octanol–water partition coefficient (Wildman–Crippen LogP) is 2.79. The van der Waals surface area contributed by atoms with E-state index < -0.39 is 11.8 Å². The van der Waals surface area contributed by atoms with Crippen LogP contribution in [0.4, 0.5) is 11.4 Å². The second-order valence-corrected chi connectivity index (χ2v) is 6.39. The van der Waals surface area contributed by atoms with E-state index in [1.807, 2.05) is 69.2 Å². The van der Waals surface area contributed by atoms with Crippen LogP contribution in [-0.4, -0.2) is 32.0 Å². The Hall–Kier alpha value is -3.02. The molecule has 0 bridgehead atoms. The lowest BCUT2D eigenvalue weighted by molar-refractivity contribution is -0.136. The third kappa shape index (κ3) is 5.81. The molecule has 0 fully saturated rings. The molecule has 0 aromatic heterocycles. The van der Waals surface area contributed by atoms with Gasteiger partial charge in [-0.2, -0.15) is 0 Å². The number of anilines is 2. The molecule has 2 aromatic rings. The highest BCUT2D eigenvalue weighted by Crippen LogP contribution is 2.16. The third-order valence-corrected chi connectivity index (χ3v) is 3.60. The van der Waals surface area contributed by atoms with Crippen LogP contribution in [0, 0.1) is 0 Å². The van der Waals surface area contributed by atoms with Crippen molar-refractivity contribution in [3.63, 3.8) is 0 Å². The van der Waals surface area contributed by atoms with Crippen molar-refractivity contribution in [2.75, 3.05) is 24.3 Å². The summed E-state index contributed by atoms with van der Waals surface area (Å²) in [4.78, 5) is 25.9. The molecule has 2 rings (SSSR count). The van der Waals surface area contributed by atoms with Crippen LogP contribution in [-0.2, 0) is 16.1 Å². The van der Waals surface area contributed by atoms with Crippen molar-refractivity contribution in [3.05, 3.63) is 54.1 Å². The van der Waals surface area contributed by atoms with Gasteiger partial charge in [0.2, 0.25) is 0 Å². The highest BCUT2D eigenvalue weighted by atomic mass is 16.5. The van der Waals surface area contributed by atoms with E-state index in [0.717, 1.165) is 17.0 Å². The summed E-state index contributed by atoms with van der Waals surface area (Å²) in [5, 5.41) is 5.19. The van der Waals surface area contributed by atoms with Gasteiger partial charge in [0, 0.05) is 32.0 Å². The lowest BCUT2D eigenvalue weighted by Crippen LogP contribution is -2.34. The molecule has 6 heteroatoms. The number of hydrogen-bond donors (Lipinski definition) is 2. The van der Waals surface area contributed by atoms with E-state index >= 15 is 0 Å². The van der Waals surface area contributed by atoms with Crippen LogP contribution >= 0.6 is 0 Å². The minimum atomic E-state index is -0.692. The maximum atomic E-state index is 12.0. The Bertz CT molecular complexity index is 738. The first-order valence-electron chi connectivity index (χ1n) is 8.47. The van der Waals surface area contributed by atoms with E-state index in [1.165, 1.54) is 0 Å². The molecule has 2 amide bonds. The Morgan fingerprint density at radius 1 is 0.962 bits per heavy atom. The lowest BCUT2D eigenvalue weighted by Gasteiger charge is -2.13. The summed E-state index contributed by atoms with van der Waals surface area (Å²) in [6.45, 7) is 4.19. The van der Waals surface area contributed by atoms with Crippen LogP contribution in [0.1, 0.15) is 19.4 Å². The average Bonchev–Trinajstić information content (AvgIpc) is 2.60. The molecule has 2 aromatic carbocycles. The number of nitrogens with zero attached hydrogens (tertiary/aromatic N) is 1. The average molecular weight is 355 g/mol. The van der Waals surface area contributed by atoms with Crippen molar-refractivity contribution in [2.24, 2.45) is 0 Å². The summed E-state index contributed by atoms with van der Waals surface area (Å²) in [6.07, 6.45) is 0.107. The van der Waals surface area contributed by atoms with Crippen molar-refractivity contribution in [1.82, 2.24) is 5.32 Å². The third-order valence-electron chi connectivity index (χ3n) is 3.60. The van der Waals surface area contributed by atoms with Crippen LogP contribution in [0.3, 0.4) is 0 Å². The van der Waals surface area contributed by atoms with E-state index in [-0.39, 0.29) is 12.6 Å². The lowest BCUT2D eigenvalue weighted by atomic mass is 10.2. The largest absolute Gasteiger partial charge is 0.491 e. The summed E-state index contributed by atoms with van der Waals surface area (Å²) in [7, 11) is 3.87. The van der Waals surface area contributed by atoms with Crippen molar-refractivity contribution in [1.29, 1.82) is 0 Å². The Balaban J connectivity index is 1.84. The van der Waals surface area contributed by atoms with Gasteiger partial charge in [0.15, 0.2) is 0 Å². The van der Waals surface area contributed by atoms with Crippen molar-refractivity contribution < 1.29 is 14.3 Å². The molecule has 0 radical (unpaired) electrons. The van der Waals surface area contributed by atoms with Gasteiger partial charge in [-0.1, -0.05) is 12.1 Å². The highest BCUT2D eigenvalue weighted by molar-refractivity contribution is 6.39. The van der Waals surface area contributed by atoms with Gasteiger partial charge < -0.3 is 20.3 Å². The Kier molecular flexibility index (Phi) is 6.60. The number of amides is 2. The molecular weight excluding hydrogens is 330 g/mol. The molecule has 0 spiro atoms. The van der Waals surface area contributed by atoms with Crippen LogP contribution in [0.25, 0.3) is 0 Å². The number of hydrogen-bond acceptors (Lipinski definition) is 4. The van der Waals surface area contributed by atoms with Gasteiger partial charge in [-0.15, -0.1) is 0 Å². The molecule has 138 valence electrons. The van der Waals surface area contributed by atoms with Gasteiger partial charge in [0.25, 0.3) is 0 Å². The smallest absolute Gasteiger partial charge is 0.313 e. The van der Waals surface area contributed by atoms with Crippen LogP contribution in [0.15, 0.2) is 48.5 Å². The molecule has 0 saturated heterocycles. The molecule has 26 heavy (non-hydrogen) atoms. The van der Waals surface area contributed by atoms with Gasteiger partial charge >= 0.3 is 11.8 Å². The van der Waals surface area contributed by atoms with Gasteiger partial charge in [-0.05, 0) is 55.8 Å². The van der Waals surface area contributed by atoms with Crippen LogP contribution < -0.4 is 20.3 Å². The van der Waals surface area contributed by atoms with E-state index in [2.05, 4.69) is 10.6 Å². The Morgan fingerprint density at radius 3 is 2.12 bits per heavy atom. The molecular formula is C20H25N3O3. The maximum Gasteiger partial charge on any atom is 0.313 e. The number of carbonyl (C=O) groups excluding carboxylic acids is 2. The zero-order valence-electron chi connectivity index (χ0n) is 15.6. The predicted molar refractivity (Wildman–Crippen MR) is 103 cm³/mol. The van der Waals surface area contributed by atoms with Crippen molar-refractivity contribution in [2.45, 2.75) is 26.5 Å². The summed E-state index contributed by atoms with van der Waals surface area (Å²) >= 11 is 0. The number of rotatable bonds is 6. The van der Waals surface area contributed by atoms with Gasteiger partial charge in [-0.3, -0.25) is 9.59 Å². The standard InChI is InChI=1S/C20H25N3O3/c1-14(2)26-18-11-5-15(6-12-18)13-21-19(24)20(25)22-16-7-9-17(10-8-16)23(3)4/h5-12,14H,13H2,1-4H3,(H,21,24)(H,22,25). The van der Waals surface area contributed by atoms with E-state index in [0.29, 0.717) is 5.69 Å². The Labute approximate surface area is 154 Å². The molecule has 2 N–H and O–H groups in total. The fourth-order valence-electron chi connectivity index (χ4n) is 2.25. The first kappa shape index (κ1) is 19.3. The zero-order chi connectivity index (χ0) is 19.1. The van der Waals surface area contributed by atoms with Crippen LogP contribution in [0.2, 0.25) is 0 Å². The van der Waals surface area contributed by atoms with E-state index in [1.54, 1.807) is 12.1 Å². The maximum absolute atomic E-state index is 12.0. The highest BCUT2D eigenvalue weighted by Gasteiger charge is 2.13. The topological polar surface area (TPSA) is 70.7 Å². The molecule has 0 saturated carbocycles. The summed E-state index contributed by atoms with van der Waals surface area (Å²) in [6, 6.07) is 14.7. The Morgan fingerprint density at radius 2 is 1.58 bits per heavy atom. The van der Waals surface area contributed by atoms with E-state index in [4.69, 9.17) is 4.74 Å². The SMILES string of the molecule is CC(C)Oc1ccc(CNC(=O)C(=O)Nc2ccc(N(C)C)cc2)cc1. The molecule has 6 nitrogen and oxygen atoms in total. The van der Waals surface area contributed by atoms with Gasteiger partial charge in [0.1, 0.15) is 5.75 Å². The normalized spacial score (nSPS) is 10.3. The second-order valence-electron chi connectivity index (χ2n) is 6.39. The number of carbonyl (C=O) groups is 2. The first-order valence-corrected chi connectivity index (χ1v) is 8.47. The number of nitrogens with one attached hydrogen (secondary N) is 2. The summed E-state index contributed by atoms with van der Waals surface area (Å²) in [5.41, 5.74) is 2.47. The zero-order valence-corrected chi connectivity index (χ0v) is 15.6. The first-order chi connectivity index (χ1) is 12.3. The summed E-state index contributed by atoms with van der Waals surface area (Å²) < 4.78 is 5.57. The van der Waals surface area contributed by atoms with Crippen molar-refractivity contribution >= 4 is 23.2 Å². The van der Waals surface area contributed by atoms with E-state index in [9.17, 15) is 9.59 Å². The molecule has 0 atom stereocenters. The summed E-state index contributed by atoms with van der Waals surface area (Å²) in [5.74, 6) is -0.597. The minimum Gasteiger partial charge on any atom is -0.491 e. The molecule has 0 unspecified atom stereocenters. The molecule has 0 aliphatic carbocycles. The number of benzene rings is 2. The van der Waals surface area contributed by atoms with Crippen LogP contribution in [0.5, 0.6) is 5.75 Å². The quantitative estimate of drug-likeness (QED) is 0.782. The van der Waals surface area contributed by atoms with Gasteiger partial charge in [-0.25, -0.2) is 0 Å². The monoisotopic (exact) mass is 355 g/mol. The minimum absolute atomic E-state index is 0.107. The second kappa shape index (κ2) is 8.89. The molecule has 0 aliphatic heterocycles. The fraction of sp³-hybridized carbons (Fsp3) is 0.300. The molecule has 0 aliphatic rings. The fourth-order valence-corrected chi connectivity index (χ4v) is 2.25. The van der Waals surface area contributed by atoms with Gasteiger partial charge in [0.05, 0.1) is 6.10 Å². The van der Waals surface area contributed by atoms with Crippen molar-refractivity contribution in [3.8, 4) is 5.75 Å².